The van der Waals surface area contributed by atoms with Crippen LogP contribution in [-0.2, 0) is 24.4 Å². The van der Waals surface area contributed by atoms with Crippen molar-refractivity contribution in [3.8, 4) is 0 Å². The van der Waals surface area contributed by atoms with Crippen LogP contribution in [0.4, 0.5) is 0 Å². The van der Waals surface area contributed by atoms with E-state index in [4.69, 9.17) is 4.74 Å². The van der Waals surface area contributed by atoms with Crippen molar-refractivity contribution in [2.45, 2.75) is 19.6 Å². The third kappa shape index (κ3) is 5.86. The van der Waals surface area contributed by atoms with Gasteiger partial charge in [-0.05, 0) is 16.7 Å². The minimum atomic E-state index is 0.756. The SMILES string of the molecule is CN=C(NCc1ccccc1)NCc1ccc(CN2CCOCC2)cc1. The molecule has 138 valence electrons. The van der Waals surface area contributed by atoms with Crippen molar-refractivity contribution < 1.29 is 4.74 Å². The third-order valence-electron chi connectivity index (χ3n) is 4.52. The molecule has 1 saturated heterocycles. The molecule has 3 rings (SSSR count). The molecule has 0 atom stereocenters. The minimum Gasteiger partial charge on any atom is -0.379 e. The predicted octanol–water partition coefficient (Wildman–Crippen LogP) is 2.38. The first-order chi connectivity index (χ1) is 12.8. The van der Waals surface area contributed by atoms with E-state index in [-0.39, 0.29) is 0 Å². The molecule has 0 aromatic heterocycles. The molecule has 1 aliphatic rings. The van der Waals surface area contributed by atoms with Crippen LogP contribution < -0.4 is 10.6 Å². The zero-order valence-electron chi connectivity index (χ0n) is 15.4. The predicted molar refractivity (Wildman–Crippen MR) is 106 cm³/mol. The molecular weight excluding hydrogens is 324 g/mol. The summed E-state index contributed by atoms with van der Waals surface area (Å²) in [5.74, 6) is 0.811. The quantitative estimate of drug-likeness (QED) is 0.619. The molecule has 0 spiro atoms. The number of nitrogens with one attached hydrogen (secondary N) is 2. The Kier molecular flexibility index (Phi) is 7.05. The molecule has 0 aliphatic carbocycles. The summed E-state index contributed by atoms with van der Waals surface area (Å²) < 4.78 is 5.40. The topological polar surface area (TPSA) is 48.9 Å². The van der Waals surface area contributed by atoms with Gasteiger partial charge in [0.15, 0.2) is 5.96 Å². The summed E-state index contributed by atoms with van der Waals surface area (Å²) in [6, 6.07) is 19.1. The van der Waals surface area contributed by atoms with Crippen LogP contribution in [0.25, 0.3) is 0 Å². The van der Waals surface area contributed by atoms with Gasteiger partial charge in [-0.2, -0.15) is 0 Å². The normalized spacial score (nSPS) is 15.7. The van der Waals surface area contributed by atoms with Crippen LogP contribution in [-0.4, -0.2) is 44.2 Å². The first-order valence-corrected chi connectivity index (χ1v) is 9.20. The van der Waals surface area contributed by atoms with Gasteiger partial charge in [0.25, 0.3) is 0 Å². The second-order valence-corrected chi connectivity index (χ2v) is 6.47. The van der Waals surface area contributed by atoms with Crippen LogP contribution in [0.2, 0.25) is 0 Å². The molecule has 26 heavy (non-hydrogen) atoms. The third-order valence-corrected chi connectivity index (χ3v) is 4.52. The van der Waals surface area contributed by atoms with Gasteiger partial charge in [-0.1, -0.05) is 54.6 Å². The Labute approximate surface area is 156 Å². The maximum atomic E-state index is 5.40. The smallest absolute Gasteiger partial charge is 0.191 e. The highest BCUT2D eigenvalue weighted by Crippen LogP contribution is 2.09. The summed E-state index contributed by atoms with van der Waals surface area (Å²) in [6.45, 7) is 6.25. The van der Waals surface area contributed by atoms with E-state index < -0.39 is 0 Å². The van der Waals surface area contributed by atoms with E-state index in [2.05, 4.69) is 56.9 Å². The summed E-state index contributed by atoms with van der Waals surface area (Å²) in [5, 5.41) is 6.71. The van der Waals surface area contributed by atoms with Gasteiger partial charge in [0.2, 0.25) is 0 Å². The molecule has 2 aromatic rings. The number of morpholine rings is 1. The fraction of sp³-hybridized carbons (Fsp3) is 0.381. The van der Waals surface area contributed by atoms with Gasteiger partial charge in [-0.15, -0.1) is 0 Å². The first-order valence-electron chi connectivity index (χ1n) is 9.20. The van der Waals surface area contributed by atoms with Gasteiger partial charge in [0.1, 0.15) is 0 Å². The maximum Gasteiger partial charge on any atom is 0.191 e. The van der Waals surface area contributed by atoms with E-state index in [1.807, 2.05) is 18.2 Å². The van der Waals surface area contributed by atoms with E-state index in [1.54, 1.807) is 7.05 Å². The highest BCUT2D eigenvalue weighted by molar-refractivity contribution is 5.79. The molecule has 1 aliphatic heterocycles. The van der Waals surface area contributed by atoms with Crippen molar-refractivity contribution in [1.29, 1.82) is 0 Å². The standard InChI is InChI=1S/C21H28N4O/c1-22-21(23-15-18-5-3-2-4-6-18)24-16-19-7-9-20(10-8-19)17-25-11-13-26-14-12-25/h2-10H,11-17H2,1H3,(H2,22,23,24). The number of ether oxygens (including phenoxy) is 1. The average molecular weight is 352 g/mol. The summed E-state index contributed by atoms with van der Waals surface area (Å²) in [7, 11) is 1.80. The lowest BCUT2D eigenvalue weighted by atomic mass is 10.1. The number of benzene rings is 2. The van der Waals surface area contributed by atoms with E-state index in [9.17, 15) is 0 Å². The molecule has 2 aromatic carbocycles. The highest BCUT2D eigenvalue weighted by atomic mass is 16.5. The van der Waals surface area contributed by atoms with Crippen molar-refractivity contribution >= 4 is 5.96 Å². The van der Waals surface area contributed by atoms with Gasteiger partial charge in [-0.25, -0.2) is 0 Å². The molecule has 5 nitrogen and oxygen atoms in total. The van der Waals surface area contributed by atoms with E-state index in [1.165, 1.54) is 16.7 Å². The molecule has 5 heteroatoms. The molecule has 1 heterocycles. The van der Waals surface area contributed by atoms with Crippen LogP contribution in [0.3, 0.4) is 0 Å². The molecule has 0 unspecified atom stereocenters. The van der Waals surface area contributed by atoms with Gasteiger partial charge in [-0.3, -0.25) is 9.89 Å². The van der Waals surface area contributed by atoms with E-state index >= 15 is 0 Å². The number of rotatable bonds is 6. The highest BCUT2D eigenvalue weighted by Gasteiger charge is 2.10. The van der Waals surface area contributed by atoms with Gasteiger partial charge in [0.05, 0.1) is 13.2 Å². The molecular formula is C21H28N4O. The monoisotopic (exact) mass is 352 g/mol. The average Bonchev–Trinajstić information content (AvgIpc) is 2.71. The number of hydrogen-bond acceptors (Lipinski definition) is 3. The van der Waals surface area contributed by atoms with Crippen LogP contribution >= 0.6 is 0 Å². The zero-order chi connectivity index (χ0) is 18.0. The summed E-state index contributed by atoms with van der Waals surface area (Å²) in [5.41, 5.74) is 3.84. The number of aliphatic imine (C=N–C) groups is 1. The summed E-state index contributed by atoms with van der Waals surface area (Å²) in [4.78, 5) is 6.73. The minimum absolute atomic E-state index is 0.756. The fourth-order valence-electron chi connectivity index (χ4n) is 2.97. The van der Waals surface area contributed by atoms with Crippen LogP contribution in [0, 0.1) is 0 Å². The maximum absolute atomic E-state index is 5.40. The molecule has 0 bridgehead atoms. The summed E-state index contributed by atoms with van der Waals surface area (Å²) >= 11 is 0. The fourth-order valence-corrected chi connectivity index (χ4v) is 2.97. The van der Waals surface area contributed by atoms with Gasteiger partial charge >= 0.3 is 0 Å². The van der Waals surface area contributed by atoms with E-state index in [0.717, 1.165) is 51.9 Å². The Hall–Kier alpha value is -2.37. The molecule has 0 radical (unpaired) electrons. The molecule has 0 saturated carbocycles. The molecule has 1 fully saturated rings. The van der Waals surface area contributed by atoms with Crippen molar-refractivity contribution in [3.63, 3.8) is 0 Å². The largest absolute Gasteiger partial charge is 0.379 e. The number of nitrogens with zero attached hydrogens (tertiary/aromatic N) is 2. The Morgan fingerprint density at radius 1 is 0.885 bits per heavy atom. The Morgan fingerprint density at radius 3 is 2.08 bits per heavy atom. The van der Waals surface area contributed by atoms with Crippen molar-refractivity contribution in [3.05, 3.63) is 71.3 Å². The van der Waals surface area contributed by atoms with Gasteiger partial charge in [0, 0.05) is 39.8 Å². The van der Waals surface area contributed by atoms with Crippen molar-refractivity contribution in [2.75, 3.05) is 33.4 Å². The van der Waals surface area contributed by atoms with Crippen LogP contribution in [0.5, 0.6) is 0 Å². The first kappa shape index (κ1) is 18.4. The lowest BCUT2D eigenvalue weighted by Crippen LogP contribution is -2.36. The Bertz CT molecular complexity index is 679. The Balaban J connectivity index is 1.44. The van der Waals surface area contributed by atoms with E-state index in [0.29, 0.717) is 0 Å². The van der Waals surface area contributed by atoms with Gasteiger partial charge < -0.3 is 15.4 Å². The second-order valence-electron chi connectivity index (χ2n) is 6.47. The molecule has 0 amide bonds. The number of hydrogen-bond donors (Lipinski definition) is 2. The second kappa shape index (κ2) is 9.94. The van der Waals surface area contributed by atoms with Crippen molar-refractivity contribution in [1.82, 2.24) is 15.5 Å². The lowest BCUT2D eigenvalue weighted by molar-refractivity contribution is 0.0342. The Morgan fingerprint density at radius 2 is 1.46 bits per heavy atom. The van der Waals surface area contributed by atoms with Crippen molar-refractivity contribution in [2.24, 2.45) is 4.99 Å². The number of guanidine groups is 1. The lowest BCUT2D eigenvalue weighted by Gasteiger charge is -2.26. The molecule has 2 N–H and O–H groups in total. The van der Waals surface area contributed by atoms with Crippen LogP contribution in [0.15, 0.2) is 59.6 Å². The zero-order valence-corrected chi connectivity index (χ0v) is 15.4. The summed E-state index contributed by atoms with van der Waals surface area (Å²) in [6.07, 6.45) is 0. The van der Waals surface area contributed by atoms with Crippen LogP contribution in [0.1, 0.15) is 16.7 Å².